The fraction of sp³-hybridized carbons (Fsp3) is 0.421. The van der Waals surface area contributed by atoms with Crippen molar-refractivity contribution in [1.82, 2.24) is 4.98 Å². The maximum absolute atomic E-state index is 12.6. The van der Waals surface area contributed by atoms with E-state index in [4.69, 9.17) is 21.1 Å². The monoisotopic (exact) mass is 406 g/mol. The molecule has 0 aliphatic carbocycles. The number of nitrogens with one attached hydrogen (secondary N) is 1. The molecule has 0 saturated carbocycles. The lowest BCUT2D eigenvalue weighted by molar-refractivity contribution is -0.161. The van der Waals surface area contributed by atoms with Gasteiger partial charge in [-0.1, -0.05) is 23.7 Å². The number of para-hydroxylation sites is 1. The van der Waals surface area contributed by atoms with Gasteiger partial charge in [0, 0.05) is 18.2 Å². The van der Waals surface area contributed by atoms with Gasteiger partial charge >= 0.3 is 11.9 Å². The summed E-state index contributed by atoms with van der Waals surface area (Å²) in [7, 11) is 0. The maximum atomic E-state index is 12.6. The highest BCUT2D eigenvalue weighted by atomic mass is 35.5. The van der Waals surface area contributed by atoms with Gasteiger partial charge in [-0.05, 0) is 32.9 Å². The van der Waals surface area contributed by atoms with Gasteiger partial charge < -0.3 is 14.8 Å². The van der Waals surface area contributed by atoms with Gasteiger partial charge in [0.25, 0.3) is 0 Å². The summed E-state index contributed by atoms with van der Waals surface area (Å²) in [4.78, 5) is 29.7. The molecule has 142 valence electrons. The second-order valence-corrected chi connectivity index (χ2v) is 9.11. The number of halogens is 1. The number of carbonyl (C=O) groups is 2. The molecule has 0 radical (unpaired) electrons. The first-order valence-electron chi connectivity index (χ1n) is 8.58. The Morgan fingerprint density at radius 1 is 1.11 bits per heavy atom. The molecule has 6 nitrogen and oxygen atoms in total. The first kappa shape index (κ1) is 18.3. The van der Waals surface area contributed by atoms with Crippen LogP contribution in [-0.4, -0.2) is 22.5 Å². The molecule has 2 atom stereocenters. The summed E-state index contributed by atoms with van der Waals surface area (Å²) in [5.41, 5.74) is -1.57. The minimum Gasteiger partial charge on any atom is -0.459 e. The Kier molecular flexibility index (Phi) is 4.01. The van der Waals surface area contributed by atoms with E-state index in [2.05, 4.69) is 10.3 Å². The Hall–Kier alpha value is -2.12. The van der Waals surface area contributed by atoms with Crippen LogP contribution in [0, 0.1) is 5.41 Å². The molecule has 1 aromatic heterocycles. The maximum Gasteiger partial charge on any atom is 0.324 e. The van der Waals surface area contributed by atoms with Crippen molar-refractivity contribution in [2.75, 3.05) is 5.32 Å². The predicted octanol–water partition coefficient (Wildman–Crippen LogP) is 4.41. The Morgan fingerprint density at radius 3 is 2.48 bits per heavy atom. The minimum atomic E-state index is -1.25. The van der Waals surface area contributed by atoms with Gasteiger partial charge in [-0.2, -0.15) is 0 Å². The molecule has 0 bridgehead atoms. The van der Waals surface area contributed by atoms with Crippen LogP contribution in [-0.2, 0) is 24.7 Å². The van der Waals surface area contributed by atoms with Crippen LogP contribution in [0.3, 0.4) is 0 Å². The van der Waals surface area contributed by atoms with E-state index in [1.54, 1.807) is 26.8 Å². The molecule has 2 aliphatic heterocycles. The molecule has 0 amide bonds. The van der Waals surface area contributed by atoms with Crippen molar-refractivity contribution in [2.45, 2.75) is 44.8 Å². The highest BCUT2D eigenvalue weighted by Gasteiger charge is 2.67. The van der Waals surface area contributed by atoms with E-state index in [9.17, 15) is 9.59 Å². The molecule has 4 rings (SSSR count). The molecule has 8 heteroatoms. The number of hydrogen-bond acceptors (Lipinski definition) is 7. The SMILES string of the molecule is CC1(C)CC2(CC(C)(c3csc(Nc4ccccc4Cl)n3)OC2=O)C(=O)O1. The molecule has 2 aromatic rings. The van der Waals surface area contributed by atoms with Gasteiger partial charge in [-0.15, -0.1) is 11.3 Å². The highest BCUT2D eigenvalue weighted by molar-refractivity contribution is 7.13. The number of anilines is 2. The molecular formula is C19H19ClN2O4S. The fourth-order valence-corrected chi connectivity index (χ4v) is 4.88. The van der Waals surface area contributed by atoms with E-state index in [-0.39, 0.29) is 6.42 Å². The number of ether oxygens (including phenoxy) is 2. The van der Waals surface area contributed by atoms with E-state index < -0.39 is 28.6 Å². The predicted molar refractivity (Wildman–Crippen MR) is 102 cm³/mol. The van der Waals surface area contributed by atoms with Crippen molar-refractivity contribution in [3.8, 4) is 0 Å². The molecular weight excluding hydrogens is 388 g/mol. The topological polar surface area (TPSA) is 77.5 Å². The van der Waals surface area contributed by atoms with Crippen molar-refractivity contribution >= 4 is 45.7 Å². The average molecular weight is 407 g/mol. The first-order chi connectivity index (χ1) is 12.6. The Morgan fingerprint density at radius 2 is 1.81 bits per heavy atom. The molecule has 2 saturated heterocycles. The first-order valence-corrected chi connectivity index (χ1v) is 9.84. The molecule has 2 unspecified atom stereocenters. The summed E-state index contributed by atoms with van der Waals surface area (Å²) < 4.78 is 11.1. The zero-order valence-electron chi connectivity index (χ0n) is 15.2. The molecule has 1 N–H and O–H groups in total. The van der Waals surface area contributed by atoms with E-state index >= 15 is 0 Å². The summed E-state index contributed by atoms with van der Waals surface area (Å²) in [5, 5.41) is 6.22. The van der Waals surface area contributed by atoms with Crippen LogP contribution in [0.15, 0.2) is 29.6 Å². The van der Waals surface area contributed by atoms with Crippen molar-refractivity contribution in [2.24, 2.45) is 5.41 Å². The van der Waals surface area contributed by atoms with E-state index in [0.29, 0.717) is 22.3 Å². The largest absolute Gasteiger partial charge is 0.459 e. The molecule has 3 heterocycles. The lowest BCUT2D eigenvalue weighted by atomic mass is 9.75. The Balaban J connectivity index is 1.60. The molecule has 1 aromatic carbocycles. The van der Waals surface area contributed by atoms with E-state index in [1.165, 1.54) is 11.3 Å². The third-order valence-corrected chi connectivity index (χ3v) is 6.08. The number of carbonyl (C=O) groups excluding carboxylic acids is 2. The van der Waals surface area contributed by atoms with Crippen LogP contribution in [0.25, 0.3) is 0 Å². The van der Waals surface area contributed by atoms with Gasteiger partial charge in [0.1, 0.15) is 5.60 Å². The average Bonchev–Trinajstić information content (AvgIpc) is 3.19. The minimum absolute atomic E-state index is 0.219. The molecule has 1 spiro atoms. The summed E-state index contributed by atoms with van der Waals surface area (Å²) in [6, 6.07) is 7.36. The number of esters is 2. The van der Waals surface area contributed by atoms with Crippen molar-refractivity contribution in [3.05, 3.63) is 40.4 Å². The van der Waals surface area contributed by atoms with Crippen LogP contribution < -0.4 is 5.32 Å². The quantitative estimate of drug-likeness (QED) is 0.600. The second-order valence-electron chi connectivity index (χ2n) is 7.85. The van der Waals surface area contributed by atoms with Crippen molar-refractivity contribution in [3.63, 3.8) is 0 Å². The number of cyclic esters (lactones) is 2. The van der Waals surface area contributed by atoms with Gasteiger partial charge in [-0.25, -0.2) is 4.98 Å². The van der Waals surface area contributed by atoms with Crippen LogP contribution in [0.1, 0.15) is 39.3 Å². The van der Waals surface area contributed by atoms with Gasteiger partial charge in [0.05, 0.1) is 16.4 Å². The molecule has 27 heavy (non-hydrogen) atoms. The third kappa shape index (κ3) is 2.99. The summed E-state index contributed by atoms with van der Waals surface area (Å²) in [6.07, 6.45) is 0.526. The van der Waals surface area contributed by atoms with Gasteiger partial charge in [0.2, 0.25) is 0 Å². The number of benzene rings is 1. The smallest absolute Gasteiger partial charge is 0.324 e. The Bertz CT molecular complexity index is 943. The zero-order chi connectivity index (χ0) is 19.4. The van der Waals surface area contributed by atoms with Gasteiger partial charge in [0.15, 0.2) is 16.1 Å². The second kappa shape index (κ2) is 5.94. The van der Waals surface area contributed by atoms with Gasteiger partial charge in [-0.3, -0.25) is 9.59 Å². The number of nitrogens with zero attached hydrogens (tertiary/aromatic N) is 1. The van der Waals surface area contributed by atoms with E-state index in [0.717, 1.165) is 5.69 Å². The summed E-state index contributed by atoms with van der Waals surface area (Å²) in [5.74, 6) is -1.04. The Labute approximate surface area is 165 Å². The standard InChI is InChI=1S/C19H19ClN2O4S/c1-17(2)9-19(14(23)25-17)10-18(3,26-15(19)24)13-8-27-16(22-13)21-12-7-5-4-6-11(12)20/h4-8H,9-10H2,1-3H3,(H,21,22). The lowest BCUT2D eigenvalue weighted by Gasteiger charge is -2.20. The third-order valence-electron chi connectivity index (χ3n) is 5.00. The van der Waals surface area contributed by atoms with Crippen molar-refractivity contribution in [1.29, 1.82) is 0 Å². The number of aromatic nitrogens is 1. The van der Waals surface area contributed by atoms with E-state index in [1.807, 2.05) is 23.6 Å². The molecule has 2 fully saturated rings. The summed E-state index contributed by atoms with van der Waals surface area (Å²) >= 11 is 7.56. The van der Waals surface area contributed by atoms with Crippen molar-refractivity contribution < 1.29 is 19.1 Å². The van der Waals surface area contributed by atoms with Crippen LogP contribution in [0.4, 0.5) is 10.8 Å². The number of rotatable bonds is 3. The summed E-state index contributed by atoms with van der Waals surface area (Å²) in [6.45, 7) is 5.39. The number of hydrogen-bond donors (Lipinski definition) is 1. The lowest BCUT2D eigenvalue weighted by Crippen LogP contribution is -2.32. The van der Waals surface area contributed by atoms with Crippen LogP contribution >= 0.6 is 22.9 Å². The highest BCUT2D eigenvalue weighted by Crippen LogP contribution is 2.54. The normalized spacial score (nSPS) is 29.0. The van der Waals surface area contributed by atoms with Crippen LogP contribution in [0.5, 0.6) is 0 Å². The number of thiazole rings is 1. The van der Waals surface area contributed by atoms with Crippen LogP contribution in [0.2, 0.25) is 5.02 Å². The zero-order valence-corrected chi connectivity index (χ0v) is 16.7. The fourth-order valence-electron chi connectivity index (χ4n) is 3.85. The molecule has 2 aliphatic rings.